The fraction of sp³-hybridized carbons (Fsp3) is 0.615. The van der Waals surface area contributed by atoms with Gasteiger partial charge in [-0.3, -0.25) is 4.90 Å². The van der Waals surface area contributed by atoms with Crippen molar-refractivity contribution in [2.24, 2.45) is 0 Å². The highest BCUT2D eigenvalue weighted by atomic mass is 35.5. The third-order valence-corrected chi connectivity index (χ3v) is 3.73. The number of anilines is 1. The van der Waals surface area contributed by atoms with E-state index < -0.39 is 17.7 Å². The van der Waals surface area contributed by atoms with Crippen molar-refractivity contribution in [1.29, 1.82) is 0 Å². The first-order valence-corrected chi connectivity index (χ1v) is 7.83. The first kappa shape index (κ1) is 18.7. The molecule has 0 atom stereocenters. The van der Waals surface area contributed by atoms with Gasteiger partial charge in [0.1, 0.15) is 10.5 Å². The minimum atomic E-state index is -1.13. The molecule has 0 radical (unpaired) electrons. The quantitative estimate of drug-likeness (QED) is 0.793. The number of carbonyl (C=O) groups excluding carboxylic acids is 1. The molecule has 0 fully saturated rings. The molecule has 1 aromatic rings. The van der Waals surface area contributed by atoms with Crippen LogP contribution in [0.3, 0.4) is 0 Å². The zero-order valence-electron chi connectivity index (χ0n) is 12.9. The molecule has 1 amide bonds. The molecule has 1 aromatic heterocycles. The number of carboxylic acid groups (broad SMARTS) is 1. The van der Waals surface area contributed by atoms with E-state index in [9.17, 15) is 9.59 Å². The summed E-state index contributed by atoms with van der Waals surface area (Å²) in [6.07, 6.45) is -0.614. The lowest BCUT2D eigenvalue weighted by molar-refractivity contribution is 0.0568. The number of rotatable bonds is 6. The van der Waals surface area contributed by atoms with Crippen molar-refractivity contribution in [3.63, 3.8) is 0 Å². The number of alkyl halides is 1. The monoisotopic (exact) mass is 350 g/mol. The molecule has 1 rings (SSSR count). The molecule has 9 heteroatoms. The predicted octanol–water partition coefficient (Wildman–Crippen LogP) is 2.97. The number of aromatic nitrogens is 1. The van der Waals surface area contributed by atoms with Crippen LogP contribution in [0.15, 0.2) is 0 Å². The van der Waals surface area contributed by atoms with E-state index in [0.29, 0.717) is 0 Å². The molecule has 0 aromatic carbocycles. The molecule has 7 nitrogen and oxygen atoms in total. The van der Waals surface area contributed by atoms with Crippen LogP contribution in [-0.2, 0) is 15.4 Å². The van der Waals surface area contributed by atoms with Crippen LogP contribution in [0.5, 0.6) is 0 Å². The van der Waals surface area contributed by atoms with Gasteiger partial charge in [-0.05, 0) is 20.8 Å². The molecule has 0 saturated heterocycles. The second-order valence-corrected chi connectivity index (χ2v) is 6.58. The third kappa shape index (κ3) is 5.11. The van der Waals surface area contributed by atoms with E-state index in [1.807, 2.05) is 0 Å². The molecule has 0 bridgehead atoms. The summed E-state index contributed by atoms with van der Waals surface area (Å²) >= 11 is 6.59. The van der Waals surface area contributed by atoms with E-state index in [-0.39, 0.29) is 34.7 Å². The Morgan fingerprint density at radius 2 is 2.05 bits per heavy atom. The number of carbonyl (C=O) groups is 2. The molecule has 0 spiro atoms. The lowest BCUT2D eigenvalue weighted by Crippen LogP contribution is -2.38. The lowest BCUT2D eigenvalue weighted by atomic mass is 10.2. The van der Waals surface area contributed by atoms with Crippen molar-refractivity contribution in [3.05, 3.63) is 10.6 Å². The number of methoxy groups -OCH3 is 1. The molecule has 0 saturated carbocycles. The molecule has 0 aliphatic carbocycles. The number of amides is 1. The number of aromatic carboxylic acids is 1. The van der Waals surface area contributed by atoms with Crippen LogP contribution >= 0.6 is 22.9 Å². The van der Waals surface area contributed by atoms with Crippen LogP contribution in [0, 0.1) is 0 Å². The van der Waals surface area contributed by atoms with Gasteiger partial charge in [-0.15, -0.1) is 11.6 Å². The molecule has 0 unspecified atom stereocenters. The van der Waals surface area contributed by atoms with Crippen LogP contribution in [0.1, 0.15) is 36.1 Å². The van der Waals surface area contributed by atoms with E-state index in [4.69, 9.17) is 26.2 Å². The van der Waals surface area contributed by atoms with Crippen molar-refractivity contribution in [1.82, 2.24) is 4.98 Å². The Morgan fingerprint density at radius 1 is 1.41 bits per heavy atom. The Labute approximate surface area is 137 Å². The highest BCUT2D eigenvalue weighted by molar-refractivity contribution is 7.17. The maximum Gasteiger partial charge on any atom is 0.416 e. The second-order valence-electron chi connectivity index (χ2n) is 5.34. The summed E-state index contributed by atoms with van der Waals surface area (Å²) in [6, 6.07) is 0. The molecular weight excluding hydrogens is 332 g/mol. The van der Waals surface area contributed by atoms with Gasteiger partial charge in [-0.1, -0.05) is 11.3 Å². The van der Waals surface area contributed by atoms with Crippen LogP contribution < -0.4 is 4.90 Å². The Kier molecular flexibility index (Phi) is 6.58. The predicted molar refractivity (Wildman–Crippen MR) is 84.1 cm³/mol. The van der Waals surface area contributed by atoms with Crippen LogP contribution in [-0.4, -0.2) is 48.0 Å². The lowest BCUT2D eigenvalue weighted by Gasteiger charge is -2.25. The summed E-state index contributed by atoms with van der Waals surface area (Å²) in [5.41, 5.74) is -0.454. The highest BCUT2D eigenvalue weighted by Crippen LogP contribution is 2.28. The van der Waals surface area contributed by atoms with Gasteiger partial charge in [0.05, 0.1) is 24.7 Å². The third-order valence-electron chi connectivity index (χ3n) is 2.37. The Balaban J connectivity index is 3.11. The summed E-state index contributed by atoms with van der Waals surface area (Å²) in [5, 5.41) is 9.37. The Morgan fingerprint density at radius 3 is 2.45 bits per heavy atom. The fourth-order valence-electron chi connectivity index (χ4n) is 1.48. The van der Waals surface area contributed by atoms with Gasteiger partial charge in [0.25, 0.3) is 0 Å². The van der Waals surface area contributed by atoms with Crippen LogP contribution in [0.4, 0.5) is 9.93 Å². The van der Waals surface area contributed by atoms with Crippen LogP contribution in [0.2, 0.25) is 0 Å². The molecule has 0 aliphatic rings. The van der Waals surface area contributed by atoms with Crippen LogP contribution in [0.25, 0.3) is 0 Å². The molecule has 0 aliphatic heterocycles. The average Bonchev–Trinajstić information content (AvgIpc) is 2.81. The number of hydrogen-bond acceptors (Lipinski definition) is 6. The normalized spacial score (nSPS) is 11.3. The highest BCUT2D eigenvalue weighted by Gasteiger charge is 2.27. The fourth-order valence-corrected chi connectivity index (χ4v) is 2.69. The van der Waals surface area contributed by atoms with Gasteiger partial charge in [0.15, 0.2) is 5.13 Å². The summed E-state index contributed by atoms with van der Waals surface area (Å²) < 4.78 is 10.3. The first-order valence-electron chi connectivity index (χ1n) is 6.48. The van der Waals surface area contributed by atoms with E-state index in [2.05, 4.69) is 4.98 Å². The van der Waals surface area contributed by atoms with Gasteiger partial charge in [0, 0.05) is 7.11 Å². The van der Waals surface area contributed by atoms with Gasteiger partial charge >= 0.3 is 12.1 Å². The van der Waals surface area contributed by atoms with Gasteiger partial charge in [-0.2, -0.15) is 0 Å². The Hall–Kier alpha value is -1.38. The smallest absolute Gasteiger partial charge is 0.416 e. The Bertz CT molecular complexity index is 541. The van der Waals surface area contributed by atoms with Gasteiger partial charge < -0.3 is 14.6 Å². The first-order chi connectivity index (χ1) is 10.2. The summed E-state index contributed by atoms with van der Waals surface area (Å²) in [7, 11) is 1.50. The maximum atomic E-state index is 12.3. The molecule has 22 heavy (non-hydrogen) atoms. The number of thiazole rings is 1. The summed E-state index contributed by atoms with van der Waals surface area (Å²) in [4.78, 5) is 28.9. The van der Waals surface area contributed by atoms with E-state index in [1.54, 1.807) is 20.8 Å². The minimum Gasteiger partial charge on any atom is -0.477 e. The van der Waals surface area contributed by atoms with E-state index in [0.717, 1.165) is 11.3 Å². The molecule has 124 valence electrons. The van der Waals surface area contributed by atoms with E-state index in [1.165, 1.54) is 12.0 Å². The molecule has 1 heterocycles. The van der Waals surface area contributed by atoms with Crippen molar-refractivity contribution < 1.29 is 24.2 Å². The number of hydrogen-bond donors (Lipinski definition) is 1. The van der Waals surface area contributed by atoms with Crippen molar-refractivity contribution in [2.75, 3.05) is 25.2 Å². The average molecular weight is 351 g/mol. The number of ether oxygens (including phenoxy) is 2. The second kappa shape index (κ2) is 7.75. The standard InChI is InChI=1S/C13H19ClN2O5S/c1-13(2,3)21-12(19)16(5-6-20-4)11-15-8(7-14)9(22-11)10(17)18/h5-7H2,1-4H3,(H,17,18). The summed E-state index contributed by atoms with van der Waals surface area (Å²) in [6.45, 7) is 5.69. The SMILES string of the molecule is COCCN(C(=O)OC(C)(C)C)c1nc(CCl)c(C(=O)O)s1. The van der Waals surface area contributed by atoms with Gasteiger partial charge in [0.2, 0.25) is 0 Å². The zero-order valence-corrected chi connectivity index (χ0v) is 14.5. The number of nitrogens with zero attached hydrogens (tertiary/aromatic N) is 2. The van der Waals surface area contributed by atoms with E-state index >= 15 is 0 Å². The molecular formula is C13H19ClN2O5S. The van der Waals surface area contributed by atoms with Crippen molar-refractivity contribution >= 4 is 40.1 Å². The minimum absolute atomic E-state index is 0.0102. The topological polar surface area (TPSA) is 89.0 Å². The number of carboxylic acids is 1. The van der Waals surface area contributed by atoms with Crippen molar-refractivity contribution in [2.45, 2.75) is 32.3 Å². The summed E-state index contributed by atoms with van der Waals surface area (Å²) in [5.74, 6) is -1.18. The van der Waals surface area contributed by atoms with Crippen molar-refractivity contribution in [3.8, 4) is 0 Å². The van der Waals surface area contributed by atoms with Gasteiger partial charge in [-0.25, -0.2) is 14.6 Å². The largest absolute Gasteiger partial charge is 0.477 e. The maximum absolute atomic E-state index is 12.3. The molecule has 1 N–H and O–H groups in total. The zero-order chi connectivity index (χ0) is 16.9. The number of halogens is 1.